The fraction of sp³-hybridized carbons (Fsp3) is 0.538. The van der Waals surface area contributed by atoms with E-state index in [1.54, 1.807) is 11.9 Å². The number of hydrogen-bond acceptors (Lipinski definition) is 17. The number of nitrogens with two attached hydrogens (primary N) is 2. The molecule has 8 atom stereocenters. The van der Waals surface area contributed by atoms with Crippen molar-refractivity contribution in [3.05, 3.63) is 24.8 Å². The van der Waals surface area contributed by atoms with E-state index in [1.165, 1.54) is 42.2 Å². The molecule has 0 aromatic carbocycles. The molecule has 0 spiro atoms. The first-order chi connectivity index (χ1) is 22.8. The zero-order valence-corrected chi connectivity index (χ0v) is 26.7. The Bertz CT molecular complexity index is 1980. The van der Waals surface area contributed by atoms with Crippen LogP contribution >= 0.6 is 0 Å². The molecule has 9 N–H and O–H groups in total. The van der Waals surface area contributed by atoms with Crippen molar-refractivity contribution < 1.29 is 38.3 Å². The second kappa shape index (κ2) is 13.0. The minimum absolute atomic E-state index is 0.0440. The predicted octanol–water partition coefficient (Wildman–Crippen LogP) is -4.25. The number of aliphatic hydroxyl groups is 4. The van der Waals surface area contributed by atoms with Crippen molar-refractivity contribution in [2.24, 2.45) is 0 Å². The van der Waals surface area contributed by atoms with Gasteiger partial charge in [-0.15, -0.1) is 0 Å². The number of aromatic nitrogens is 8. The molecular formula is C26H35N13O8S. The maximum atomic E-state index is 12.2. The van der Waals surface area contributed by atoms with Crippen LogP contribution in [-0.4, -0.2) is 154 Å². The number of nitrogen functional groups attached to an aromatic ring is 2. The van der Waals surface area contributed by atoms with Gasteiger partial charge in [0.15, 0.2) is 46.7 Å². The summed E-state index contributed by atoms with van der Waals surface area (Å²) >= 11 is 0. The summed E-state index contributed by atoms with van der Waals surface area (Å²) in [5.74, 6) is 6.18. The number of hydrogen-bond donors (Lipinski definition) is 7. The first kappa shape index (κ1) is 33.7. The number of anilines is 2. The zero-order chi connectivity index (χ0) is 34.5. The molecule has 6 heterocycles. The molecule has 2 fully saturated rings. The van der Waals surface area contributed by atoms with Crippen molar-refractivity contribution in [1.29, 1.82) is 0 Å². The van der Waals surface area contributed by atoms with Gasteiger partial charge < -0.3 is 41.4 Å². The fourth-order valence-corrected chi connectivity index (χ4v) is 6.11. The quantitative estimate of drug-likeness (QED) is 0.0819. The fourth-order valence-electron chi connectivity index (χ4n) is 5.47. The SMILES string of the molecule is CN(CC#Cc1nc2c(N)ncnc2n1[C@@H]1O[C@H](CNS(=O)(=O)N(C)C)[C@@H](O)[C@H]1O)C[C@H]1O[C@@H](n2cnc3c(N)ncnc32)[C@H](O)[C@@H]1O. The minimum atomic E-state index is -3.83. The first-order valence-corrected chi connectivity index (χ1v) is 16.0. The molecule has 0 aliphatic carbocycles. The molecule has 2 aliphatic heterocycles. The van der Waals surface area contributed by atoms with Crippen LogP contribution < -0.4 is 16.2 Å². The predicted molar refractivity (Wildman–Crippen MR) is 166 cm³/mol. The van der Waals surface area contributed by atoms with Gasteiger partial charge in [0.05, 0.1) is 12.9 Å². The molecule has 6 rings (SSSR count). The lowest BCUT2D eigenvalue weighted by Gasteiger charge is -2.21. The lowest BCUT2D eigenvalue weighted by Crippen LogP contribution is -2.43. The Hall–Kier alpha value is -4.15. The normalized spacial score (nSPS) is 27.8. The van der Waals surface area contributed by atoms with Gasteiger partial charge in [0, 0.05) is 27.2 Å². The van der Waals surface area contributed by atoms with Gasteiger partial charge in [-0.25, -0.2) is 29.9 Å². The Labute approximate surface area is 273 Å². The monoisotopic (exact) mass is 689 g/mol. The van der Waals surface area contributed by atoms with E-state index >= 15 is 0 Å². The Balaban J connectivity index is 1.18. The van der Waals surface area contributed by atoms with E-state index in [1.807, 2.05) is 0 Å². The van der Waals surface area contributed by atoms with E-state index in [0.29, 0.717) is 11.2 Å². The third-order valence-corrected chi connectivity index (χ3v) is 9.58. The van der Waals surface area contributed by atoms with Crippen LogP contribution in [0.15, 0.2) is 19.0 Å². The molecule has 0 unspecified atom stereocenters. The summed E-state index contributed by atoms with van der Waals surface area (Å²) in [7, 11) is 0.586. The summed E-state index contributed by atoms with van der Waals surface area (Å²) in [6.45, 7) is -0.0153. The highest BCUT2D eigenvalue weighted by molar-refractivity contribution is 7.87. The Morgan fingerprint density at radius 3 is 2.21 bits per heavy atom. The summed E-state index contributed by atoms with van der Waals surface area (Å²) in [6, 6.07) is 0. The topological polar surface area (TPSA) is 291 Å². The number of nitrogens with zero attached hydrogens (tertiary/aromatic N) is 10. The third-order valence-electron chi connectivity index (χ3n) is 8.08. The van der Waals surface area contributed by atoms with Crippen molar-refractivity contribution in [2.45, 2.75) is 49.1 Å². The minimum Gasteiger partial charge on any atom is -0.387 e. The summed E-state index contributed by atoms with van der Waals surface area (Å²) < 4.78 is 42.5. The average Bonchev–Trinajstić information content (AvgIpc) is 3.78. The molecule has 2 aliphatic rings. The average molecular weight is 690 g/mol. The molecule has 22 heteroatoms. The summed E-state index contributed by atoms with van der Waals surface area (Å²) in [6.07, 6.45) is -5.79. The van der Waals surface area contributed by atoms with Crippen LogP contribution in [0.3, 0.4) is 0 Å². The van der Waals surface area contributed by atoms with Crippen LogP contribution in [0.4, 0.5) is 11.6 Å². The van der Waals surface area contributed by atoms with Gasteiger partial charge >= 0.3 is 0 Å². The number of nitrogens with one attached hydrogen (secondary N) is 1. The summed E-state index contributed by atoms with van der Waals surface area (Å²) in [5, 5.41) is 43.2. The number of fused-ring (bicyclic) bond motifs is 2. The van der Waals surface area contributed by atoms with Crippen LogP contribution in [0.2, 0.25) is 0 Å². The molecule has 0 amide bonds. The van der Waals surface area contributed by atoms with Gasteiger partial charge in [0.2, 0.25) is 0 Å². The van der Waals surface area contributed by atoms with Gasteiger partial charge in [0.1, 0.15) is 54.8 Å². The molecule has 2 saturated heterocycles. The van der Waals surface area contributed by atoms with Crippen LogP contribution in [0, 0.1) is 11.8 Å². The third kappa shape index (κ3) is 6.12. The smallest absolute Gasteiger partial charge is 0.279 e. The Morgan fingerprint density at radius 2 is 1.50 bits per heavy atom. The van der Waals surface area contributed by atoms with Crippen molar-refractivity contribution in [3.8, 4) is 11.8 Å². The molecule has 0 saturated carbocycles. The maximum Gasteiger partial charge on any atom is 0.279 e. The van der Waals surface area contributed by atoms with Gasteiger partial charge in [-0.2, -0.15) is 17.4 Å². The van der Waals surface area contributed by atoms with E-state index in [-0.39, 0.29) is 48.3 Å². The van der Waals surface area contributed by atoms with E-state index in [2.05, 4.69) is 46.5 Å². The van der Waals surface area contributed by atoms with Gasteiger partial charge in [-0.3, -0.25) is 14.0 Å². The standard InChI is InChI=1S/C26H35N13O8S/c1-36(2)48(44,45)34-7-12-17(40)20(43)26(46-12)39-14(35-16-22(28)30-10-32-24(16)39)5-4-6-37(3)8-13-18(41)19(42)25(47-13)38-11-33-15-21(27)29-9-31-23(15)38/h9-13,17-20,25-26,34,40-43H,6-8H2,1-3H3,(H2,27,29,31)(H2,28,30,32)/t12-,13-,17-,18-,19-,20-,25-,26-/m1/s1. The number of aliphatic hydroxyl groups excluding tert-OH is 4. The second-order valence-corrected chi connectivity index (χ2v) is 13.5. The molecule has 0 radical (unpaired) electrons. The molecule has 258 valence electrons. The number of likely N-dealkylation sites (N-methyl/N-ethyl adjacent to an activating group) is 1. The van der Waals surface area contributed by atoms with E-state index in [4.69, 9.17) is 20.9 Å². The largest absolute Gasteiger partial charge is 0.387 e. The Morgan fingerprint density at radius 1 is 0.875 bits per heavy atom. The van der Waals surface area contributed by atoms with E-state index < -0.39 is 59.3 Å². The van der Waals surface area contributed by atoms with Crippen LogP contribution in [0.1, 0.15) is 18.3 Å². The summed E-state index contributed by atoms with van der Waals surface area (Å²) in [4.78, 5) is 26.7. The van der Waals surface area contributed by atoms with E-state index in [9.17, 15) is 28.8 Å². The molecule has 4 aromatic heterocycles. The maximum absolute atomic E-state index is 12.2. The van der Waals surface area contributed by atoms with Crippen molar-refractivity contribution >= 4 is 44.2 Å². The Kier molecular flexibility index (Phi) is 9.17. The number of ether oxygens (including phenoxy) is 2. The van der Waals surface area contributed by atoms with Crippen LogP contribution in [0.25, 0.3) is 22.3 Å². The lowest BCUT2D eigenvalue weighted by molar-refractivity contribution is -0.0413. The molecule has 21 nitrogen and oxygen atoms in total. The van der Waals surface area contributed by atoms with Crippen LogP contribution in [0.5, 0.6) is 0 Å². The van der Waals surface area contributed by atoms with Gasteiger partial charge in [-0.1, -0.05) is 5.92 Å². The zero-order valence-electron chi connectivity index (χ0n) is 25.9. The van der Waals surface area contributed by atoms with Crippen molar-refractivity contribution in [3.63, 3.8) is 0 Å². The first-order valence-electron chi connectivity index (χ1n) is 14.6. The molecule has 48 heavy (non-hydrogen) atoms. The van der Waals surface area contributed by atoms with Crippen LogP contribution in [-0.2, 0) is 19.7 Å². The molecule has 4 aromatic rings. The second-order valence-electron chi connectivity index (χ2n) is 11.5. The van der Waals surface area contributed by atoms with Crippen molar-refractivity contribution in [2.75, 3.05) is 52.2 Å². The summed E-state index contributed by atoms with van der Waals surface area (Å²) in [5.41, 5.74) is 12.9. The highest BCUT2D eigenvalue weighted by Crippen LogP contribution is 2.34. The molecule has 0 bridgehead atoms. The van der Waals surface area contributed by atoms with Crippen molar-refractivity contribution in [1.82, 2.24) is 53.0 Å². The number of imidazole rings is 2. The highest BCUT2D eigenvalue weighted by atomic mass is 32.2. The molecular weight excluding hydrogens is 654 g/mol. The number of rotatable bonds is 9. The van der Waals surface area contributed by atoms with Gasteiger partial charge in [0.25, 0.3) is 10.2 Å². The van der Waals surface area contributed by atoms with Gasteiger partial charge in [-0.05, 0) is 13.0 Å². The highest BCUT2D eigenvalue weighted by Gasteiger charge is 2.46. The lowest BCUT2D eigenvalue weighted by atomic mass is 10.1. The van der Waals surface area contributed by atoms with E-state index in [0.717, 1.165) is 4.31 Å².